The summed E-state index contributed by atoms with van der Waals surface area (Å²) in [6.45, 7) is 0. The molecule has 1 aliphatic rings. The maximum atomic E-state index is 11.8. The van der Waals surface area contributed by atoms with Crippen molar-refractivity contribution in [2.45, 2.75) is 31.7 Å². The number of amides is 2. The lowest BCUT2D eigenvalue weighted by Crippen LogP contribution is -2.36. The number of rotatable bonds is 2. The van der Waals surface area contributed by atoms with Gasteiger partial charge in [0.05, 0.1) is 11.7 Å². The topological polar surface area (TPSA) is 69.8 Å². The van der Waals surface area contributed by atoms with Crippen LogP contribution in [-0.4, -0.2) is 22.3 Å². The van der Waals surface area contributed by atoms with Gasteiger partial charge < -0.3 is 10.6 Å². The minimum Gasteiger partial charge on any atom is -0.335 e. The van der Waals surface area contributed by atoms with E-state index in [-0.39, 0.29) is 6.03 Å². The quantitative estimate of drug-likeness (QED) is 0.760. The molecule has 18 heavy (non-hydrogen) atoms. The molecule has 3 rings (SSSR count). The predicted octanol–water partition coefficient (Wildman–Crippen LogP) is 2.63. The average Bonchev–Trinajstić information content (AvgIpc) is 2.98. The number of carbonyl (C=O) groups is 1. The van der Waals surface area contributed by atoms with Crippen LogP contribution >= 0.6 is 0 Å². The third-order valence-corrected chi connectivity index (χ3v) is 3.39. The Hall–Kier alpha value is -2.04. The zero-order valence-electron chi connectivity index (χ0n) is 10.1. The standard InChI is InChI=1S/C13H16N4O/c18-13(15-10-3-1-2-4-10)16-11-6-5-9-8-14-17-12(9)7-11/h5-8,10H,1-4H2,(H,14,17)(H2,15,16,18). The molecule has 1 aliphatic carbocycles. The molecule has 2 amide bonds. The maximum absolute atomic E-state index is 11.8. The molecule has 2 aromatic rings. The number of aromatic nitrogens is 2. The Labute approximate surface area is 105 Å². The Morgan fingerprint density at radius 2 is 2.17 bits per heavy atom. The SMILES string of the molecule is O=C(Nc1ccc2cn[nH]c2c1)NC1CCCC1. The highest BCUT2D eigenvalue weighted by Gasteiger charge is 2.16. The number of fused-ring (bicyclic) bond motifs is 1. The van der Waals surface area contributed by atoms with Gasteiger partial charge in [-0.3, -0.25) is 5.10 Å². The lowest BCUT2D eigenvalue weighted by Gasteiger charge is -2.12. The van der Waals surface area contributed by atoms with Gasteiger partial charge in [0, 0.05) is 17.1 Å². The van der Waals surface area contributed by atoms with Crippen LogP contribution in [0.1, 0.15) is 25.7 Å². The van der Waals surface area contributed by atoms with E-state index in [1.54, 1.807) is 6.20 Å². The number of hydrogen-bond donors (Lipinski definition) is 3. The number of nitrogens with zero attached hydrogens (tertiary/aromatic N) is 1. The van der Waals surface area contributed by atoms with Gasteiger partial charge in [-0.15, -0.1) is 0 Å². The first-order valence-corrected chi connectivity index (χ1v) is 6.32. The highest BCUT2D eigenvalue weighted by molar-refractivity contribution is 5.92. The van der Waals surface area contributed by atoms with Crippen LogP contribution in [-0.2, 0) is 0 Å². The van der Waals surface area contributed by atoms with Crippen LogP contribution in [0.3, 0.4) is 0 Å². The van der Waals surface area contributed by atoms with E-state index in [9.17, 15) is 4.79 Å². The normalized spacial score (nSPS) is 16.0. The number of aromatic amines is 1. The fourth-order valence-corrected chi connectivity index (χ4v) is 2.44. The second-order valence-corrected chi connectivity index (χ2v) is 4.75. The molecule has 0 atom stereocenters. The minimum atomic E-state index is -0.124. The van der Waals surface area contributed by atoms with Crippen LogP contribution in [0.25, 0.3) is 10.9 Å². The van der Waals surface area contributed by atoms with Crippen molar-refractivity contribution in [3.05, 3.63) is 24.4 Å². The molecule has 1 aromatic carbocycles. The first kappa shape index (κ1) is 11.1. The summed E-state index contributed by atoms with van der Waals surface area (Å²) in [6, 6.07) is 5.91. The largest absolute Gasteiger partial charge is 0.335 e. The average molecular weight is 244 g/mol. The Balaban J connectivity index is 1.65. The number of urea groups is 1. The molecule has 0 spiro atoms. The lowest BCUT2D eigenvalue weighted by molar-refractivity contribution is 0.248. The van der Waals surface area contributed by atoms with Crippen molar-refractivity contribution in [1.29, 1.82) is 0 Å². The van der Waals surface area contributed by atoms with Crippen LogP contribution in [0.15, 0.2) is 24.4 Å². The van der Waals surface area contributed by atoms with Crippen molar-refractivity contribution >= 4 is 22.6 Å². The molecule has 5 nitrogen and oxygen atoms in total. The number of benzene rings is 1. The van der Waals surface area contributed by atoms with Crippen LogP contribution < -0.4 is 10.6 Å². The van der Waals surface area contributed by atoms with Crippen molar-refractivity contribution in [2.75, 3.05) is 5.32 Å². The van der Waals surface area contributed by atoms with Crippen molar-refractivity contribution in [1.82, 2.24) is 15.5 Å². The van der Waals surface area contributed by atoms with E-state index in [1.807, 2.05) is 18.2 Å². The Morgan fingerprint density at radius 1 is 1.33 bits per heavy atom. The Kier molecular flexibility index (Phi) is 2.88. The predicted molar refractivity (Wildman–Crippen MR) is 70.5 cm³/mol. The van der Waals surface area contributed by atoms with Crippen molar-refractivity contribution in [3.63, 3.8) is 0 Å². The minimum absolute atomic E-state index is 0.124. The summed E-state index contributed by atoms with van der Waals surface area (Å²) in [5, 5.41) is 13.7. The first-order valence-electron chi connectivity index (χ1n) is 6.32. The van der Waals surface area contributed by atoms with Crippen LogP contribution in [0.2, 0.25) is 0 Å². The van der Waals surface area contributed by atoms with E-state index in [1.165, 1.54) is 12.8 Å². The molecular weight excluding hydrogens is 228 g/mol. The summed E-state index contributed by atoms with van der Waals surface area (Å²) < 4.78 is 0. The Morgan fingerprint density at radius 3 is 3.00 bits per heavy atom. The number of anilines is 1. The van der Waals surface area contributed by atoms with Gasteiger partial charge in [0.1, 0.15) is 0 Å². The summed E-state index contributed by atoms with van der Waals surface area (Å²) in [5.74, 6) is 0. The first-order chi connectivity index (χ1) is 8.81. The van der Waals surface area contributed by atoms with E-state index < -0.39 is 0 Å². The molecule has 0 bridgehead atoms. The fraction of sp³-hybridized carbons (Fsp3) is 0.385. The van der Waals surface area contributed by atoms with Gasteiger partial charge in [-0.2, -0.15) is 5.10 Å². The number of hydrogen-bond acceptors (Lipinski definition) is 2. The molecule has 1 heterocycles. The van der Waals surface area contributed by atoms with E-state index >= 15 is 0 Å². The van der Waals surface area contributed by atoms with Gasteiger partial charge >= 0.3 is 6.03 Å². The zero-order chi connectivity index (χ0) is 12.4. The van der Waals surface area contributed by atoms with Gasteiger partial charge in [0.25, 0.3) is 0 Å². The van der Waals surface area contributed by atoms with Gasteiger partial charge in [0.15, 0.2) is 0 Å². The van der Waals surface area contributed by atoms with Gasteiger partial charge in [-0.05, 0) is 31.0 Å². The smallest absolute Gasteiger partial charge is 0.319 e. The monoisotopic (exact) mass is 244 g/mol. The fourth-order valence-electron chi connectivity index (χ4n) is 2.44. The summed E-state index contributed by atoms with van der Waals surface area (Å²) in [7, 11) is 0. The second kappa shape index (κ2) is 4.68. The Bertz CT molecular complexity index is 557. The third-order valence-electron chi connectivity index (χ3n) is 3.39. The molecule has 94 valence electrons. The van der Waals surface area contributed by atoms with E-state index in [0.29, 0.717) is 6.04 Å². The third kappa shape index (κ3) is 2.30. The molecule has 0 saturated heterocycles. The number of nitrogens with one attached hydrogen (secondary N) is 3. The van der Waals surface area contributed by atoms with Crippen molar-refractivity contribution in [3.8, 4) is 0 Å². The van der Waals surface area contributed by atoms with Gasteiger partial charge in [0.2, 0.25) is 0 Å². The summed E-state index contributed by atoms with van der Waals surface area (Å²) in [4.78, 5) is 11.8. The highest BCUT2D eigenvalue weighted by Crippen LogP contribution is 2.19. The summed E-state index contributed by atoms with van der Waals surface area (Å²) in [5.41, 5.74) is 1.70. The number of H-pyrrole nitrogens is 1. The van der Waals surface area contributed by atoms with E-state index in [0.717, 1.165) is 29.4 Å². The molecule has 1 aromatic heterocycles. The van der Waals surface area contributed by atoms with E-state index in [2.05, 4.69) is 20.8 Å². The zero-order valence-corrected chi connectivity index (χ0v) is 10.1. The molecule has 0 radical (unpaired) electrons. The van der Waals surface area contributed by atoms with Gasteiger partial charge in [-0.25, -0.2) is 4.79 Å². The molecular formula is C13H16N4O. The maximum Gasteiger partial charge on any atom is 0.319 e. The van der Waals surface area contributed by atoms with E-state index in [4.69, 9.17) is 0 Å². The number of carbonyl (C=O) groups excluding carboxylic acids is 1. The molecule has 5 heteroatoms. The van der Waals surface area contributed by atoms with Crippen LogP contribution in [0.4, 0.5) is 10.5 Å². The summed E-state index contributed by atoms with van der Waals surface area (Å²) in [6.07, 6.45) is 6.37. The molecule has 1 saturated carbocycles. The second-order valence-electron chi connectivity index (χ2n) is 4.75. The highest BCUT2D eigenvalue weighted by atomic mass is 16.2. The van der Waals surface area contributed by atoms with Crippen LogP contribution in [0, 0.1) is 0 Å². The molecule has 3 N–H and O–H groups in total. The molecule has 0 unspecified atom stereocenters. The summed E-state index contributed by atoms with van der Waals surface area (Å²) >= 11 is 0. The lowest BCUT2D eigenvalue weighted by atomic mass is 10.2. The van der Waals surface area contributed by atoms with Gasteiger partial charge in [-0.1, -0.05) is 12.8 Å². The van der Waals surface area contributed by atoms with Crippen molar-refractivity contribution < 1.29 is 4.79 Å². The molecule has 0 aliphatic heterocycles. The van der Waals surface area contributed by atoms with Crippen LogP contribution in [0.5, 0.6) is 0 Å². The van der Waals surface area contributed by atoms with Crippen molar-refractivity contribution in [2.24, 2.45) is 0 Å². The molecule has 1 fully saturated rings.